The van der Waals surface area contributed by atoms with Gasteiger partial charge in [0.15, 0.2) is 0 Å². The number of unbranched alkanes of at least 4 members (excludes halogenated alkanes) is 4. The summed E-state index contributed by atoms with van der Waals surface area (Å²) in [5.74, 6) is 0.744. The van der Waals surface area contributed by atoms with Crippen molar-refractivity contribution in [1.82, 2.24) is 0 Å². The Labute approximate surface area is 123 Å². The molecule has 0 nitrogen and oxygen atoms in total. The normalized spacial score (nSPS) is 30.4. The van der Waals surface area contributed by atoms with Crippen LogP contribution in [0.4, 0.5) is 0 Å². The predicted molar refractivity (Wildman–Crippen MR) is 87.9 cm³/mol. The maximum Gasteiger partial charge on any atom is 0.0746 e. The first-order valence-corrected chi connectivity index (χ1v) is 8.75. The number of rotatable bonds is 9. The van der Waals surface area contributed by atoms with Crippen LogP contribution in [-0.2, 0) is 0 Å². The molecular weight excluding hydrogens is 227 g/mol. The van der Waals surface area contributed by atoms with E-state index in [9.17, 15) is 0 Å². The van der Waals surface area contributed by atoms with E-state index in [0.717, 1.165) is 5.92 Å². The predicted octanol–water partition coefficient (Wildman–Crippen LogP) is 6.30. The van der Waals surface area contributed by atoms with Crippen molar-refractivity contribution >= 4 is 7.85 Å². The highest BCUT2D eigenvalue weighted by molar-refractivity contribution is 6.15. The van der Waals surface area contributed by atoms with E-state index < -0.39 is 0 Å². The molecule has 0 bridgehead atoms. The first-order valence-electron chi connectivity index (χ1n) is 8.75. The highest BCUT2D eigenvalue weighted by atomic mass is 14.5. The van der Waals surface area contributed by atoms with Crippen molar-refractivity contribution in [2.75, 3.05) is 0 Å². The molecule has 1 aliphatic rings. The van der Waals surface area contributed by atoms with Crippen LogP contribution in [0.3, 0.4) is 0 Å². The molecule has 0 aromatic rings. The lowest BCUT2D eigenvalue weighted by molar-refractivity contribution is 0.121. The Morgan fingerprint density at radius 2 is 1.68 bits per heavy atom. The first kappa shape index (κ1) is 17.1. The Bertz CT molecular complexity index is 246. The summed E-state index contributed by atoms with van der Waals surface area (Å²) in [5.41, 5.74) is 0.490. The zero-order chi connectivity index (χ0) is 14.4. The standard InChI is InChI=1S/C18H35B/c1-5-7-9-10-14-17(3,13-8-6-2)16-12-11-15-18(16,4)19/h16H,5-15H2,1-4H3. The third-order valence-electron chi connectivity index (χ3n) is 5.55. The number of hydrogen-bond acceptors (Lipinski definition) is 0. The van der Waals surface area contributed by atoms with Gasteiger partial charge in [-0.05, 0) is 24.2 Å². The minimum absolute atomic E-state index is 0.0905. The van der Waals surface area contributed by atoms with Gasteiger partial charge in [-0.1, -0.05) is 90.8 Å². The van der Waals surface area contributed by atoms with Gasteiger partial charge in [0, 0.05) is 0 Å². The molecule has 0 aliphatic heterocycles. The molecule has 0 spiro atoms. The highest BCUT2D eigenvalue weighted by Crippen LogP contribution is 2.57. The molecule has 3 atom stereocenters. The van der Waals surface area contributed by atoms with E-state index in [2.05, 4.69) is 27.7 Å². The fourth-order valence-electron chi connectivity index (χ4n) is 4.35. The topological polar surface area (TPSA) is 0 Å². The van der Waals surface area contributed by atoms with Gasteiger partial charge in [0.25, 0.3) is 0 Å². The molecule has 1 saturated carbocycles. The van der Waals surface area contributed by atoms with Crippen molar-refractivity contribution in [3.8, 4) is 0 Å². The summed E-state index contributed by atoms with van der Waals surface area (Å²) in [6.45, 7) is 9.45. The Kier molecular flexibility index (Phi) is 6.98. The van der Waals surface area contributed by atoms with Gasteiger partial charge in [-0.3, -0.25) is 0 Å². The molecule has 19 heavy (non-hydrogen) atoms. The summed E-state index contributed by atoms with van der Waals surface area (Å²) in [5, 5.41) is 0.0905. The SMILES string of the molecule is [B]C1(C)CCCC1C(C)(CCCC)CCCCCC. The van der Waals surface area contributed by atoms with Crippen LogP contribution in [0.1, 0.15) is 98.3 Å². The van der Waals surface area contributed by atoms with Crippen LogP contribution >= 0.6 is 0 Å². The highest BCUT2D eigenvalue weighted by Gasteiger charge is 2.44. The number of hydrogen-bond donors (Lipinski definition) is 0. The molecule has 3 unspecified atom stereocenters. The zero-order valence-corrected chi connectivity index (χ0v) is 13.9. The Morgan fingerprint density at radius 1 is 1.05 bits per heavy atom. The van der Waals surface area contributed by atoms with E-state index in [1.807, 2.05) is 0 Å². The summed E-state index contributed by atoms with van der Waals surface area (Å²) in [7, 11) is 6.61. The van der Waals surface area contributed by atoms with Crippen molar-refractivity contribution in [2.24, 2.45) is 11.3 Å². The van der Waals surface area contributed by atoms with E-state index in [1.165, 1.54) is 70.6 Å². The molecule has 2 radical (unpaired) electrons. The minimum atomic E-state index is 0.0905. The smallest absolute Gasteiger partial charge is 0.0673 e. The van der Waals surface area contributed by atoms with Crippen LogP contribution in [0, 0.1) is 11.3 Å². The third kappa shape index (κ3) is 4.83. The molecule has 0 aromatic heterocycles. The average Bonchev–Trinajstić information content (AvgIpc) is 2.73. The maximum absolute atomic E-state index is 6.61. The summed E-state index contributed by atoms with van der Waals surface area (Å²) in [4.78, 5) is 0. The van der Waals surface area contributed by atoms with Gasteiger partial charge in [0.1, 0.15) is 0 Å². The molecule has 1 heteroatoms. The summed E-state index contributed by atoms with van der Waals surface area (Å²) >= 11 is 0. The van der Waals surface area contributed by atoms with Gasteiger partial charge >= 0.3 is 0 Å². The first-order chi connectivity index (χ1) is 8.96. The fraction of sp³-hybridized carbons (Fsp3) is 1.00. The Morgan fingerprint density at radius 3 is 2.21 bits per heavy atom. The quantitative estimate of drug-likeness (QED) is 0.338. The van der Waals surface area contributed by atoms with Gasteiger partial charge < -0.3 is 0 Å². The van der Waals surface area contributed by atoms with Crippen molar-refractivity contribution < 1.29 is 0 Å². The second-order valence-corrected chi connectivity index (χ2v) is 7.52. The van der Waals surface area contributed by atoms with Gasteiger partial charge in [0.05, 0.1) is 7.85 Å². The fourth-order valence-corrected chi connectivity index (χ4v) is 4.35. The van der Waals surface area contributed by atoms with Crippen molar-refractivity contribution in [3.05, 3.63) is 0 Å². The largest absolute Gasteiger partial charge is 0.0746 e. The second-order valence-electron chi connectivity index (χ2n) is 7.52. The Hall–Kier alpha value is 0.0649. The molecule has 0 heterocycles. The van der Waals surface area contributed by atoms with Crippen molar-refractivity contribution in [1.29, 1.82) is 0 Å². The molecule has 0 saturated heterocycles. The van der Waals surface area contributed by atoms with Crippen LogP contribution in [0.5, 0.6) is 0 Å². The van der Waals surface area contributed by atoms with E-state index in [4.69, 9.17) is 7.85 Å². The van der Waals surface area contributed by atoms with Crippen LogP contribution in [-0.4, -0.2) is 7.85 Å². The van der Waals surface area contributed by atoms with E-state index in [-0.39, 0.29) is 5.31 Å². The second kappa shape index (κ2) is 7.74. The third-order valence-corrected chi connectivity index (χ3v) is 5.55. The Balaban J connectivity index is 2.63. The van der Waals surface area contributed by atoms with Crippen LogP contribution in [0.25, 0.3) is 0 Å². The molecule has 1 fully saturated rings. The van der Waals surface area contributed by atoms with Crippen LogP contribution in [0.15, 0.2) is 0 Å². The lowest BCUT2D eigenvalue weighted by atomic mass is 9.54. The van der Waals surface area contributed by atoms with Crippen molar-refractivity contribution in [2.45, 2.75) is 104 Å². The van der Waals surface area contributed by atoms with Crippen LogP contribution < -0.4 is 0 Å². The minimum Gasteiger partial charge on any atom is -0.0673 e. The van der Waals surface area contributed by atoms with Crippen LogP contribution in [0.2, 0.25) is 5.31 Å². The molecular formula is C18H35B. The lowest BCUT2D eigenvalue weighted by Gasteiger charge is -2.44. The summed E-state index contributed by atoms with van der Waals surface area (Å²) < 4.78 is 0. The average molecular weight is 262 g/mol. The molecule has 0 amide bonds. The van der Waals surface area contributed by atoms with E-state index >= 15 is 0 Å². The maximum atomic E-state index is 6.61. The molecule has 1 rings (SSSR count). The van der Waals surface area contributed by atoms with Gasteiger partial charge in [0.2, 0.25) is 0 Å². The van der Waals surface area contributed by atoms with Crippen molar-refractivity contribution in [3.63, 3.8) is 0 Å². The monoisotopic (exact) mass is 262 g/mol. The summed E-state index contributed by atoms with van der Waals surface area (Å²) in [6.07, 6.45) is 14.9. The lowest BCUT2D eigenvalue weighted by Crippen LogP contribution is -2.33. The molecule has 1 aliphatic carbocycles. The van der Waals surface area contributed by atoms with Gasteiger partial charge in [-0.2, -0.15) is 0 Å². The summed E-state index contributed by atoms with van der Waals surface area (Å²) in [6, 6.07) is 0. The van der Waals surface area contributed by atoms with Gasteiger partial charge in [-0.15, -0.1) is 0 Å². The zero-order valence-electron chi connectivity index (χ0n) is 13.9. The van der Waals surface area contributed by atoms with Gasteiger partial charge in [-0.25, -0.2) is 0 Å². The van der Waals surface area contributed by atoms with E-state index in [1.54, 1.807) is 0 Å². The molecule has 0 N–H and O–H groups in total. The molecule has 110 valence electrons. The molecule has 0 aromatic carbocycles. The van der Waals surface area contributed by atoms with E-state index in [0.29, 0.717) is 5.41 Å².